The summed E-state index contributed by atoms with van der Waals surface area (Å²) >= 11 is 1.70. The van der Waals surface area contributed by atoms with E-state index >= 15 is 0 Å². The van der Waals surface area contributed by atoms with Crippen LogP contribution in [0.15, 0.2) is 29.6 Å². The Bertz CT molecular complexity index is 571. The van der Waals surface area contributed by atoms with E-state index in [1.807, 2.05) is 18.4 Å². The number of pyridine rings is 1. The van der Waals surface area contributed by atoms with Crippen LogP contribution in [0.4, 0.5) is 17.3 Å². The van der Waals surface area contributed by atoms with Gasteiger partial charge in [-0.2, -0.15) is 0 Å². The van der Waals surface area contributed by atoms with Crippen molar-refractivity contribution in [3.63, 3.8) is 0 Å². The molecular weight excluding hydrogens is 264 g/mol. The summed E-state index contributed by atoms with van der Waals surface area (Å²) in [4.78, 5) is 15.4. The van der Waals surface area contributed by atoms with Crippen LogP contribution < -0.4 is 11.1 Å². The standard InChI is InChI=1S/C12H14N4O2S/c1-8(7-9-3-2-6-19-9)14-11-5-4-10(16(17)18)12(13)15-11/h2-6,8H,7H2,1H3,(H3,13,14,15). The van der Waals surface area contributed by atoms with Crippen LogP contribution in [0.2, 0.25) is 0 Å². The second-order valence-electron chi connectivity index (χ2n) is 4.19. The van der Waals surface area contributed by atoms with E-state index in [1.165, 1.54) is 10.9 Å². The number of thiophene rings is 1. The van der Waals surface area contributed by atoms with E-state index in [0.29, 0.717) is 5.82 Å². The highest BCUT2D eigenvalue weighted by Crippen LogP contribution is 2.21. The molecule has 100 valence electrons. The number of anilines is 2. The van der Waals surface area contributed by atoms with Crippen molar-refractivity contribution in [3.8, 4) is 0 Å². The van der Waals surface area contributed by atoms with Crippen molar-refractivity contribution in [1.29, 1.82) is 0 Å². The van der Waals surface area contributed by atoms with Gasteiger partial charge in [0.25, 0.3) is 0 Å². The lowest BCUT2D eigenvalue weighted by atomic mass is 10.2. The van der Waals surface area contributed by atoms with Crippen molar-refractivity contribution in [3.05, 3.63) is 44.6 Å². The molecule has 0 amide bonds. The topological polar surface area (TPSA) is 94.1 Å². The third-order valence-corrected chi connectivity index (χ3v) is 3.48. The Morgan fingerprint density at radius 1 is 1.53 bits per heavy atom. The number of nitrogen functional groups attached to an aromatic ring is 1. The number of aromatic nitrogens is 1. The summed E-state index contributed by atoms with van der Waals surface area (Å²) in [5.41, 5.74) is 5.37. The molecule has 2 heterocycles. The van der Waals surface area contributed by atoms with E-state index in [4.69, 9.17) is 5.73 Å². The monoisotopic (exact) mass is 278 g/mol. The number of nitrogens with zero attached hydrogens (tertiary/aromatic N) is 2. The van der Waals surface area contributed by atoms with Gasteiger partial charge < -0.3 is 11.1 Å². The molecule has 0 aliphatic rings. The maximum atomic E-state index is 10.6. The number of hydrogen-bond donors (Lipinski definition) is 2. The van der Waals surface area contributed by atoms with Gasteiger partial charge in [0.05, 0.1) is 4.92 Å². The predicted molar refractivity (Wildman–Crippen MR) is 76.4 cm³/mol. The summed E-state index contributed by atoms with van der Waals surface area (Å²) in [6, 6.07) is 7.18. The number of hydrogen-bond acceptors (Lipinski definition) is 6. The highest BCUT2D eigenvalue weighted by molar-refractivity contribution is 7.09. The Balaban J connectivity index is 2.03. The molecule has 2 aromatic rings. The van der Waals surface area contributed by atoms with E-state index in [9.17, 15) is 10.1 Å². The number of nitro groups is 1. The zero-order chi connectivity index (χ0) is 13.8. The minimum absolute atomic E-state index is 0.0710. The summed E-state index contributed by atoms with van der Waals surface area (Å²) in [6.45, 7) is 2.03. The molecule has 7 heteroatoms. The van der Waals surface area contributed by atoms with Gasteiger partial charge in [-0.05, 0) is 24.4 Å². The normalized spacial score (nSPS) is 12.1. The van der Waals surface area contributed by atoms with Crippen molar-refractivity contribution in [2.45, 2.75) is 19.4 Å². The Morgan fingerprint density at radius 2 is 2.32 bits per heavy atom. The van der Waals surface area contributed by atoms with Gasteiger partial charge in [-0.25, -0.2) is 4.98 Å². The molecule has 3 N–H and O–H groups in total. The molecule has 0 spiro atoms. The van der Waals surface area contributed by atoms with E-state index in [0.717, 1.165) is 6.42 Å². The molecule has 0 fully saturated rings. The number of rotatable bonds is 5. The first-order valence-electron chi connectivity index (χ1n) is 5.76. The molecule has 0 saturated heterocycles. The van der Waals surface area contributed by atoms with Crippen LogP contribution in [0.1, 0.15) is 11.8 Å². The lowest BCUT2D eigenvalue weighted by Gasteiger charge is -2.13. The minimum Gasteiger partial charge on any atom is -0.378 e. The first-order chi connectivity index (χ1) is 9.06. The van der Waals surface area contributed by atoms with Gasteiger partial charge in [0, 0.05) is 23.4 Å². The molecule has 19 heavy (non-hydrogen) atoms. The van der Waals surface area contributed by atoms with Crippen molar-refractivity contribution in [2.24, 2.45) is 0 Å². The number of nitrogens with one attached hydrogen (secondary N) is 1. The molecule has 0 aliphatic carbocycles. The third kappa shape index (κ3) is 3.41. The molecule has 0 radical (unpaired) electrons. The van der Waals surface area contributed by atoms with Gasteiger partial charge in [0.2, 0.25) is 5.82 Å². The molecule has 0 bridgehead atoms. The Kier molecular flexibility index (Phi) is 3.96. The lowest BCUT2D eigenvalue weighted by molar-refractivity contribution is -0.384. The molecule has 0 aliphatic heterocycles. The summed E-state index contributed by atoms with van der Waals surface area (Å²) in [5.74, 6) is 0.477. The fourth-order valence-corrected chi connectivity index (χ4v) is 2.57. The summed E-state index contributed by atoms with van der Waals surface area (Å²) in [7, 11) is 0. The molecule has 2 aromatic heterocycles. The van der Waals surface area contributed by atoms with Crippen LogP contribution in [0.25, 0.3) is 0 Å². The van der Waals surface area contributed by atoms with E-state index in [2.05, 4.69) is 16.4 Å². The predicted octanol–water partition coefficient (Wildman–Crippen LogP) is 2.68. The summed E-state index contributed by atoms with van der Waals surface area (Å²) < 4.78 is 0. The largest absolute Gasteiger partial charge is 0.378 e. The van der Waals surface area contributed by atoms with E-state index < -0.39 is 4.92 Å². The maximum absolute atomic E-state index is 10.6. The van der Waals surface area contributed by atoms with Gasteiger partial charge in [-0.3, -0.25) is 10.1 Å². The molecule has 0 aromatic carbocycles. The minimum atomic E-state index is -0.540. The Hall–Kier alpha value is -2.15. The zero-order valence-corrected chi connectivity index (χ0v) is 11.2. The van der Waals surface area contributed by atoms with Gasteiger partial charge >= 0.3 is 5.69 Å². The third-order valence-electron chi connectivity index (χ3n) is 2.58. The highest BCUT2D eigenvalue weighted by atomic mass is 32.1. The Morgan fingerprint density at radius 3 is 2.89 bits per heavy atom. The van der Waals surface area contributed by atoms with Gasteiger partial charge in [0.1, 0.15) is 5.82 Å². The molecule has 2 rings (SSSR count). The quantitative estimate of drug-likeness (QED) is 0.647. The van der Waals surface area contributed by atoms with Crippen molar-refractivity contribution in [2.75, 3.05) is 11.1 Å². The van der Waals surface area contributed by atoms with Crippen LogP contribution in [0.3, 0.4) is 0 Å². The molecule has 0 saturated carbocycles. The van der Waals surface area contributed by atoms with Crippen LogP contribution in [-0.4, -0.2) is 15.9 Å². The van der Waals surface area contributed by atoms with Crippen LogP contribution in [0, 0.1) is 10.1 Å². The average Bonchev–Trinajstić information content (AvgIpc) is 2.81. The molecular formula is C12H14N4O2S. The first kappa shape index (κ1) is 13.3. The molecule has 6 nitrogen and oxygen atoms in total. The van der Waals surface area contributed by atoms with E-state index in [1.54, 1.807) is 17.4 Å². The fourth-order valence-electron chi connectivity index (χ4n) is 1.74. The van der Waals surface area contributed by atoms with E-state index in [-0.39, 0.29) is 17.5 Å². The van der Waals surface area contributed by atoms with Gasteiger partial charge in [-0.1, -0.05) is 6.07 Å². The lowest BCUT2D eigenvalue weighted by Crippen LogP contribution is -2.18. The summed E-state index contributed by atoms with van der Waals surface area (Å²) in [6.07, 6.45) is 0.871. The highest BCUT2D eigenvalue weighted by Gasteiger charge is 2.13. The SMILES string of the molecule is CC(Cc1cccs1)Nc1ccc([N+](=O)[O-])c(N)n1. The van der Waals surface area contributed by atoms with Crippen LogP contribution in [0.5, 0.6) is 0 Å². The molecule has 1 atom stereocenters. The van der Waals surface area contributed by atoms with Crippen LogP contribution in [-0.2, 0) is 6.42 Å². The van der Waals surface area contributed by atoms with Gasteiger partial charge in [-0.15, -0.1) is 11.3 Å². The summed E-state index contributed by atoms with van der Waals surface area (Å²) in [5, 5.41) is 15.8. The molecule has 1 unspecified atom stereocenters. The number of nitrogens with two attached hydrogens (primary N) is 1. The van der Waals surface area contributed by atoms with Gasteiger partial charge in [0.15, 0.2) is 0 Å². The fraction of sp³-hybridized carbons (Fsp3) is 0.250. The van der Waals surface area contributed by atoms with Crippen molar-refractivity contribution in [1.82, 2.24) is 4.98 Å². The smallest absolute Gasteiger partial charge is 0.311 e. The maximum Gasteiger partial charge on any atom is 0.311 e. The Labute approximate surface area is 114 Å². The van der Waals surface area contributed by atoms with Crippen LogP contribution >= 0.6 is 11.3 Å². The second kappa shape index (κ2) is 5.66. The first-order valence-corrected chi connectivity index (χ1v) is 6.64. The second-order valence-corrected chi connectivity index (χ2v) is 5.22. The average molecular weight is 278 g/mol. The zero-order valence-electron chi connectivity index (χ0n) is 10.4. The van der Waals surface area contributed by atoms with Crippen molar-refractivity contribution >= 4 is 28.7 Å². The van der Waals surface area contributed by atoms with Crippen molar-refractivity contribution < 1.29 is 4.92 Å².